The number of fused-ring (bicyclic) bond motifs is 1. The first-order chi connectivity index (χ1) is 13.1. The van der Waals surface area contributed by atoms with E-state index in [9.17, 15) is 4.39 Å². The van der Waals surface area contributed by atoms with E-state index in [-0.39, 0.29) is 11.8 Å². The lowest BCUT2D eigenvalue weighted by atomic mass is 9.91. The average Bonchev–Trinajstić information content (AvgIpc) is 3.10. The van der Waals surface area contributed by atoms with Crippen LogP contribution in [0.2, 0.25) is 5.02 Å². The van der Waals surface area contributed by atoms with Crippen molar-refractivity contribution >= 4 is 17.1 Å². The van der Waals surface area contributed by atoms with Crippen molar-refractivity contribution in [2.24, 2.45) is 5.92 Å². The van der Waals surface area contributed by atoms with Gasteiger partial charge in [-0.3, -0.25) is 0 Å². The highest BCUT2D eigenvalue weighted by Gasteiger charge is 2.17. The van der Waals surface area contributed by atoms with Gasteiger partial charge < -0.3 is 9.47 Å². The molecule has 0 spiro atoms. The van der Waals surface area contributed by atoms with Gasteiger partial charge in [0, 0.05) is 18.2 Å². The van der Waals surface area contributed by atoms with Crippen LogP contribution in [-0.4, -0.2) is 23.0 Å². The van der Waals surface area contributed by atoms with E-state index < -0.39 is 5.82 Å². The van der Waals surface area contributed by atoms with Gasteiger partial charge in [0.15, 0.2) is 6.79 Å². The van der Waals surface area contributed by atoms with E-state index in [1.807, 2.05) is 22.8 Å². The standard InChI is InChI=1S/C21H24ClFN2O2/c1-3-16(21-11-17-6-4-5-9-25(17)24-21)10-15(2)13-26-14-27-18-7-8-19(22)20(23)12-18/h4-9,11-12,15-16H,3,10,13-14H2,1-2H3. The number of benzene rings is 1. The smallest absolute Gasteiger partial charge is 0.189 e. The van der Waals surface area contributed by atoms with Gasteiger partial charge in [-0.2, -0.15) is 5.10 Å². The van der Waals surface area contributed by atoms with E-state index >= 15 is 0 Å². The number of rotatable bonds is 9. The number of hydrogen-bond acceptors (Lipinski definition) is 3. The average molecular weight is 391 g/mol. The fourth-order valence-electron chi connectivity index (χ4n) is 3.13. The lowest BCUT2D eigenvalue weighted by Crippen LogP contribution is -2.13. The third-order valence-electron chi connectivity index (χ3n) is 4.59. The second kappa shape index (κ2) is 9.20. The van der Waals surface area contributed by atoms with Crippen LogP contribution >= 0.6 is 11.6 Å². The van der Waals surface area contributed by atoms with Gasteiger partial charge in [-0.1, -0.05) is 31.5 Å². The molecule has 144 valence electrons. The Hall–Kier alpha value is -2.11. The van der Waals surface area contributed by atoms with Crippen molar-refractivity contribution in [3.63, 3.8) is 0 Å². The molecule has 2 aromatic heterocycles. The minimum atomic E-state index is -0.499. The van der Waals surface area contributed by atoms with Crippen LogP contribution in [0.25, 0.3) is 5.52 Å². The molecule has 0 saturated carbocycles. The summed E-state index contributed by atoms with van der Waals surface area (Å²) in [5.74, 6) is 0.640. The molecular weight excluding hydrogens is 367 g/mol. The van der Waals surface area contributed by atoms with Gasteiger partial charge in [-0.25, -0.2) is 8.91 Å². The highest BCUT2D eigenvalue weighted by atomic mass is 35.5. The van der Waals surface area contributed by atoms with Crippen molar-refractivity contribution in [2.45, 2.75) is 32.6 Å². The monoisotopic (exact) mass is 390 g/mol. The lowest BCUT2D eigenvalue weighted by molar-refractivity contribution is -0.00203. The topological polar surface area (TPSA) is 35.8 Å². The Bertz CT molecular complexity index is 850. The molecule has 0 bridgehead atoms. The fourth-order valence-corrected chi connectivity index (χ4v) is 3.25. The molecule has 0 saturated heterocycles. The molecule has 6 heteroatoms. The molecule has 0 fully saturated rings. The summed E-state index contributed by atoms with van der Waals surface area (Å²) in [4.78, 5) is 0. The van der Waals surface area contributed by atoms with Crippen LogP contribution in [0.15, 0.2) is 48.7 Å². The first-order valence-electron chi connectivity index (χ1n) is 9.16. The highest BCUT2D eigenvalue weighted by molar-refractivity contribution is 6.30. The lowest BCUT2D eigenvalue weighted by Gasteiger charge is -2.18. The second-order valence-corrected chi connectivity index (χ2v) is 7.20. The Morgan fingerprint density at radius 3 is 2.81 bits per heavy atom. The molecule has 0 aliphatic heterocycles. The normalized spacial score (nSPS) is 13.6. The molecule has 0 radical (unpaired) electrons. The molecule has 0 amide bonds. The number of halogens is 2. The van der Waals surface area contributed by atoms with Crippen molar-refractivity contribution in [1.29, 1.82) is 0 Å². The van der Waals surface area contributed by atoms with Gasteiger partial charge in [0.1, 0.15) is 11.6 Å². The third kappa shape index (κ3) is 5.21. The first-order valence-corrected chi connectivity index (χ1v) is 9.54. The van der Waals surface area contributed by atoms with Gasteiger partial charge in [0.05, 0.1) is 22.8 Å². The van der Waals surface area contributed by atoms with Crippen molar-refractivity contribution < 1.29 is 13.9 Å². The molecule has 4 nitrogen and oxygen atoms in total. The van der Waals surface area contributed by atoms with Crippen molar-refractivity contribution in [3.05, 3.63) is 65.2 Å². The van der Waals surface area contributed by atoms with Crippen LogP contribution < -0.4 is 4.74 Å². The zero-order chi connectivity index (χ0) is 19.2. The summed E-state index contributed by atoms with van der Waals surface area (Å²) >= 11 is 5.65. The Labute approximate surface area is 163 Å². The number of ether oxygens (including phenoxy) is 2. The van der Waals surface area contributed by atoms with Crippen molar-refractivity contribution in [3.8, 4) is 5.75 Å². The van der Waals surface area contributed by atoms with E-state index in [4.69, 9.17) is 26.2 Å². The summed E-state index contributed by atoms with van der Waals surface area (Å²) in [7, 11) is 0. The van der Waals surface area contributed by atoms with Gasteiger partial charge in [0.25, 0.3) is 0 Å². The maximum absolute atomic E-state index is 13.4. The molecular formula is C21H24ClFN2O2. The summed E-state index contributed by atoms with van der Waals surface area (Å²) in [5, 5.41) is 4.77. The summed E-state index contributed by atoms with van der Waals surface area (Å²) in [6.45, 7) is 4.98. The molecule has 27 heavy (non-hydrogen) atoms. The minimum Gasteiger partial charge on any atom is -0.467 e. The predicted molar refractivity (Wildman–Crippen MR) is 105 cm³/mol. The van der Waals surface area contributed by atoms with E-state index in [1.165, 1.54) is 12.1 Å². The van der Waals surface area contributed by atoms with Gasteiger partial charge in [-0.05, 0) is 49.1 Å². The molecule has 3 rings (SSSR count). The van der Waals surface area contributed by atoms with Gasteiger partial charge in [-0.15, -0.1) is 0 Å². The Morgan fingerprint density at radius 1 is 1.22 bits per heavy atom. The molecule has 3 aromatic rings. The number of hydrogen-bond donors (Lipinski definition) is 0. The van der Waals surface area contributed by atoms with Crippen LogP contribution in [0.5, 0.6) is 5.75 Å². The Balaban J connectivity index is 1.47. The minimum absolute atomic E-state index is 0.0782. The second-order valence-electron chi connectivity index (χ2n) is 6.79. The maximum atomic E-state index is 13.4. The summed E-state index contributed by atoms with van der Waals surface area (Å²) < 4.78 is 26.3. The zero-order valence-electron chi connectivity index (χ0n) is 15.6. The SMILES string of the molecule is CCC(CC(C)COCOc1ccc(Cl)c(F)c1)c1cc2ccccn2n1. The summed E-state index contributed by atoms with van der Waals surface area (Å²) in [5.41, 5.74) is 2.22. The van der Waals surface area contributed by atoms with E-state index in [2.05, 4.69) is 26.0 Å². The number of nitrogens with zero attached hydrogens (tertiary/aromatic N) is 2. The van der Waals surface area contributed by atoms with Crippen LogP contribution in [0.1, 0.15) is 38.3 Å². The summed E-state index contributed by atoms with van der Waals surface area (Å²) in [6, 6.07) is 12.6. The van der Waals surface area contributed by atoms with E-state index in [0.29, 0.717) is 24.2 Å². The van der Waals surface area contributed by atoms with E-state index in [0.717, 1.165) is 24.1 Å². The van der Waals surface area contributed by atoms with Crippen LogP contribution in [0.3, 0.4) is 0 Å². The molecule has 0 N–H and O–H groups in total. The van der Waals surface area contributed by atoms with Gasteiger partial charge in [0.2, 0.25) is 0 Å². The predicted octanol–water partition coefficient (Wildman–Crippen LogP) is 5.70. The first kappa shape index (κ1) is 19.6. The molecule has 2 heterocycles. The number of pyridine rings is 1. The third-order valence-corrected chi connectivity index (χ3v) is 4.90. The fraction of sp³-hybridized carbons (Fsp3) is 0.381. The Kier molecular flexibility index (Phi) is 6.69. The molecule has 1 aromatic carbocycles. The molecule has 0 aliphatic rings. The van der Waals surface area contributed by atoms with Crippen LogP contribution in [-0.2, 0) is 4.74 Å². The highest BCUT2D eigenvalue weighted by Crippen LogP contribution is 2.27. The van der Waals surface area contributed by atoms with E-state index in [1.54, 1.807) is 6.07 Å². The summed E-state index contributed by atoms with van der Waals surface area (Å²) in [6.07, 6.45) is 3.97. The molecule has 0 aliphatic carbocycles. The van der Waals surface area contributed by atoms with Crippen LogP contribution in [0.4, 0.5) is 4.39 Å². The quantitative estimate of drug-likeness (QED) is 0.347. The number of aromatic nitrogens is 2. The van der Waals surface area contributed by atoms with Crippen LogP contribution in [0, 0.1) is 11.7 Å². The van der Waals surface area contributed by atoms with Crippen molar-refractivity contribution in [2.75, 3.05) is 13.4 Å². The molecule has 2 atom stereocenters. The largest absolute Gasteiger partial charge is 0.467 e. The van der Waals surface area contributed by atoms with Gasteiger partial charge >= 0.3 is 0 Å². The zero-order valence-corrected chi connectivity index (χ0v) is 16.3. The van der Waals surface area contributed by atoms with Crippen molar-refractivity contribution in [1.82, 2.24) is 9.61 Å². The molecule has 2 unspecified atom stereocenters. The Morgan fingerprint density at radius 2 is 2.07 bits per heavy atom. The maximum Gasteiger partial charge on any atom is 0.189 e.